The zero-order valence-electron chi connectivity index (χ0n) is 21.1. The van der Waals surface area contributed by atoms with Crippen molar-refractivity contribution >= 4 is 52.9 Å². The Labute approximate surface area is 217 Å². The van der Waals surface area contributed by atoms with Crippen LogP contribution >= 0.6 is 11.3 Å². The minimum atomic E-state index is -0.791. The molecule has 0 saturated carbocycles. The molecule has 11 heteroatoms. The molecular formula is C25H34BN5O4S. The Morgan fingerprint density at radius 3 is 2.58 bits per heavy atom. The van der Waals surface area contributed by atoms with Crippen molar-refractivity contribution in [3.05, 3.63) is 41.0 Å². The third-order valence-corrected chi connectivity index (χ3v) is 6.47. The first kappa shape index (κ1) is 29.0. The second-order valence-corrected chi connectivity index (χ2v) is 9.31. The summed E-state index contributed by atoms with van der Waals surface area (Å²) in [5.74, 6) is -1.39. The maximum absolute atomic E-state index is 13.4. The SMILES string of the molecule is [B]C/C(=C/C)NCCCC(NC(=O)CN(CCC)C(=O)CNC(C)=O)C(=O)c1nc2ccccc2s1. The van der Waals surface area contributed by atoms with E-state index in [1.165, 1.54) is 23.2 Å². The van der Waals surface area contributed by atoms with Gasteiger partial charge in [-0.15, -0.1) is 11.3 Å². The van der Waals surface area contributed by atoms with Gasteiger partial charge in [-0.3, -0.25) is 19.2 Å². The van der Waals surface area contributed by atoms with Crippen molar-refractivity contribution in [2.24, 2.45) is 0 Å². The number of fused-ring (bicyclic) bond motifs is 1. The lowest BCUT2D eigenvalue weighted by molar-refractivity contribution is -0.136. The number of amides is 3. The number of carbonyl (C=O) groups excluding carboxylic acids is 4. The first-order valence-electron chi connectivity index (χ1n) is 12.1. The monoisotopic (exact) mass is 511 g/mol. The number of nitrogens with zero attached hydrogens (tertiary/aromatic N) is 2. The van der Waals surface area contributed by atoms with E-state index in [9.17, 15) is 19.2 Å². The number of allylic oxidation sites excluding steroid dienone is 2. The number of carbonyl (C=O) groups is 4. The van der Waals surface area contributed by atoms with E-state index in [0.717, 1.165) is 15.9 Å². The minimum Gasteiger partial charge on any atom is -0.389 e. The van der Waals surface area contributed by atoms with Gasteiger partial charge in [0.25, 0.3) is 0 Å². The van der Waals surface area contributed by atoms with E-state index in [4.69, 9.17) is 7.85 Å². The lowest BCUT2D eigenvalue weighted by atomic mass is 10.0. The van der Waals surface area contributed by atoms with Gasteiger partial charge < -0.3 is 20.9 Å². The van der Waals surface area contributed by atoms with E-state index in [-0.39, 0.29) is 30.7 Å². The summed E-state index contributed by atoms with van der Waals surface area (Å²) in [6.45, 7) is 5.67. The molecule has 0 aliphatic heterocycles. The second-order valence-electron chi connectivity index (χ2n) is 8.28. The molecule has 1 aromatic heterocycles. The van der Waals surface area contributed by atoms with Crippen LogP contribution in [0.4, 0.5) is 0 Å². The summed E-state index contributed by atoms with van der Waals surface area (Å²) in [5, 5.41) is 8.83. The van der Waals surface area contributed by atoms with Crippen LogP contribution in [0.15, 0.2) is 36.0 Å². The summed E-state index contributed by atoms with van der Waals surface area (Å²) in [4.78, 5) is 55.8. The summed E-state index contributed by atoms with van der Waals surface area (Å²) >= 11 is 1.29. The highest BCUT2D eigenvalue weighted by atomic mass is 32.1. The number of thiazole rings is 1. The average Bonchev–Trinajstić information content (AvgIpc) is 3.30. The minimum absolute atomic E-state index is 0.184. The molecule has 0 saturated heterocycles. The van der Waals surface area contributed by atoms with E-state index in [1.807, 2.05) is 44.2 Å². The Bertz CT molecular complexity index is 1050. The van der Waals surface area contributed by atoms with Crippen LogP contribution in [-0.4, -0.2) is 73.5 Å². The molecule has 0 fully saturated rings. The number of nitrogens with one attached hydrogen (secondary N) is 3. The fourth-order valence-electron chi connectivity index (χ4n) is 3.53. The molecule has 1 atom stereocenters. The predicted molar refractivity (Wildman–Crippen MR) is 143 cm³/mol. The number of Topliss-reactive ketones (excluding diaryl/α,β-unsaturated/α-hetero) is 1. The van der Waals surface area contributed by atoms with Gasteiger partial charge in [0.1, 0.15) is 0 Å². The third kappa shape index (κ3) is 9.11. The van der Waals surface area contributed by atoms with Crippen LogP contribution in [0.2, 0.25) is 6.32 Å². The third-order valence-electron chi connectivity index (χ3n) is 5.42. The Hall–Kier alpha value is -3.21. The maximum Gasteiger partial charge on any atom is 0.242 e. The molecule has 192 valence electrons. The molecule has 2 aromatic rings. The van der Waals surface area contributed by atoms with Gasteiger partial charge in [-0.25, -0.2) is 4.98 Å². The molecule has 0 aliphatic carbocycles. The fourth-order valence-corrected chi connectivity index (χ4v) is 4.49. The van der Waals surface area contributed by atoms with Crippen LogP contribution in [-0.2, 0) is 14.4 Å². The largest absolute Gasteiger partial charge is 0.389 e. The van der Waals surface area contributed by atoms with Crippen LogP contribution in [0.5, 0.6) is 0 Å². The number of aromatic nitrogens is 1. The summed E-state index contributed by atoms with van der Waals surface area (Å²) < 4.78 is 0.894. The lowest BCUT2D eigenvalue weighted by Gasteiger charge is -2.23. The Morgan fingerprint density at radius 1 is 1.19 bits per heavy atom. The van der Waals surface area contributed by atoms with Gasteiger partial charge in [0, 0.05) is 20.0 Å². The average molecular weight is 511 g/mol. The summed E-state index contributed by atoms with van der Waals surface area (Å²) in [7, 11) is 5.68. The number of rotatable bonds is 15. The normalized spacial score (nSPS) is 12.1. The molecular weight excluding hydrogens is 477 g/mol. The molecule has 2 rings (SSSR count). The van der Waals surface area contributed by atoms with Crippen LogP contribution in [0.25, 0.3) is 10.2 Å². The van der Waals surface area contributed by atoms with E-state index in [0.29, 0.717) is 43.7 Å². The van der Waals surface area contributed by atoms with Crippen molar-refractivity contribution in [1.82, 2.24) is 25.8 Å². The van der Waals surface area contributed by atoms with Gasteiger partial charge in [-0.2, -0.15) is 0 Å². The first-order valence-corrected chi connectivity index (χ1v) is 12.9. The van der Waals surface area contributed by atoms with Crippen LogP contribution in [0, 0.1) is 0 Å². The van der Waals surface area contributed by atoms with Crippen molar-refractivity contribution in [1.29, 1.82) is 0 Å². The first-order chi connectivity index (χ1) is 17.3. The topological polar surface area (TPSA) is 120 Å². The van der Waals surface area contributed by atoms with Crippen molar-refractivity contribution in [3.63, 3.8) is 0 Å². The molecule has 0 spiro atoms. The molecule has 1 unspecified atom stereocenters. The van der Waals surface area contributed by atoms with E-state index in [1.54, 1.807) is 0 Å². The van der Waals surface area contributed by atoms with Crippen molar-refractivity contribution in [2.75, 3.05) is 26.2 Å². The quantitative estimate of drug-likeness (QED) is 0.192. The smallest absolute Gasteiger partial charge is 0.242 e. The molecule has 2 radical (unpaired) electrons. The predicted octanol–water partition coefficient (Wildman–Crippen LogP) is 2.20. The second kappa shape index (κ2) is 15.0. The molecule has 3 N–H and O–H groups in total. The van der Waals surface area contributed by atoms with Gasteiger partial charge in [-0.05, 0) is 44.0 Å². The lowest BCUT2D eigenvalue weighted by Crippen LogP contribution is -2.49. The van der Waals surface area contributed by atoms with Crippen LogP contribution in [0.3, 0.4) is 0 Å². The van der Waals surface area contributed by atoms with Gasteiger partial charge in [0.15, 0.2) is 5.01 Å². The number of ketones is 1. The summed E-state index contributed by atoms with van der Waals surface area (Å²) in [6, 6.07) is 6.69. The van der Waals surface area contributed by atoms with Crippen molar-refractivity contribution in [2.45, 2.75) is 52.4 Å². The highest BCUT2D eigenvalue weighted by molar-refractivity contribution is 7.20. The molecule has 3 amide bonds. The fraction of sp³-hybridized carbons (Fsp3) is 0.480. The standard InChI is InChI=1S/C25H34BN5O4S/c1-4-13-31(23(34)15-28-17(3)32)16-22(33)29-20(10-8-12-27-18(5-2)14-26)24(35)25-30-19-9-6-7-11-21(19)36-25/h5-7,9,11,20,27H,4,8,10,12-16H2,1-3H3,(H,28,32)(H,29,33)/b18-5-. The molecule has 9 nitrogen and oxygen atoms in total. The van der Waals surface area contributed by atoms with Crippen LogP contribution < -0.4 is 16.0 Å². The summed E-state index contributed by atoms with van der Waals surface area (Å²) in [6.07, 6.45) is 3.93. The van der Waals surface area contributed by atoms with Gasteiger partial charge >= 0.3 is 0 Å². The Balaban J connectivity index is 2.12. The number of benzene rings is 1. The summed E-state index contributed by atoms with van der Waals surface area (Å²) in [5.41, 5.74) is 1.64. The van der Waals surface area contributed by atoms with Crippen LogP contribution in [0.1, 0.15) is 49.8 Å². The van der Waals surface area contributed by atoms with Gasteiger partial charge in [0.05, 0.1) is 37.2 Å². The number of hydrogen-bond donors (Lipinski definition) is 3. The highest BCUT2D eigenvalue weighted by Gasteiger charge is 2.26. The molecule has 1 heterocycles. The molecule has 0 bridgehead atoms. The van der Waals surface area contributed by atoms with E-state index >= 15 is 0 Å². The van der Waals surface area contributed by atoms with E-state index < -0.39 is 11.9 Å². The number of para-hydroxylation sites is 1. The Morgan fingerprint density at radius 2 is 1.94 bits per heavy atom. The number of hydrogen-bond acceptors (Lipinski definition) is 7. The van der Waals surface area contributed by atoms with Crippen molar-refractivity contribution < 1.29 is 19.2 Å². The molecule has 36 heavy (non-hydrogen) atoms. The molecule has 0 aliphatic rings. The van der Waals surface area contributed by atoms with Crippen molar-refractivity contribution in [3.8, 4) is 0 Å². The highest BCUT2D eigenvalue weighted by Crippen LogP contribution is 2.23. The van der Waals surface area contributed by atoms with Gasteiger partial charge in [-0.1, -0.05) is 31.5 Å². The maximum atomic E-state index is 13.4. The zero-order valence-corrected chi connectivity index (χ0v) is 22.0. The zero-order chi connectivity index (χ0) is 26.5. The van der Waals surface area contributed by atoms with E-state index in [2.05, 4.69) is 20.9 Å². The Kier molecular flexibility index (Phi) is 12.1. The van der Waals surface area contributed by atoms with Gasteiger partial charge in [0.2, 0.25) is 23.5 Å². The molecule has 1 aromatic carbocycles.